The number of benzene rings is 1. The minimum Gasteiger partial charge on any atom is -0.259 e. The molecule has 0 aromatic heterocycles. The summed E-state index contributed by atoms with van der Waals surface area (Å²) < 4.78 is 0. The number of hydrogen-bond donors (Lipinski definition) is 0. The molecule has 0 spiro atoms. The Morgan fingerprint density at radius 3 is 2.45 bits per heavy atom. The summed E-state index contributed by atoms with van der Waals surface area (Å²) in [6.07, 6.45) is 10.5. The van der Waals surface area contributed by atoms with Gasteiger partial charge in [0.25, 0.3) is 0 Å². The van der Waals surface area contributed by atoms with E-state index >= 15 is 0 Å². The third-order valence-electron chi connectivity index (χ3n) is 6.49. The Bertz CT molecular complexity index is 581. The maximum Gasteiger partial charge on any atom is 0.230 e. The Morgan fingerprint density at radius 2 is 1.82 bits per heavy atom. The highest BCUT2D eigenvalue weighted by Gasteiger charge is 2.56. The van der Waals surface area contributed by atoms with Crippen molar-refractivity contribution < 1.29 is 4.92 Å². The molecule has 4 bridgehead atoms. The topological polar surface area (TPSA) is 43.1 Å². The lowest BCUT2D eigenvalue weighted by molar-refractivity contribution is -0.402. The molecule has 0 aliphatic heterocycles. The highest BCUT2D eigenvalue weighted by atomic mass is 16.6. The second kappa shape index (κ2) is 5.22. The maximum atomic E-state index is 10.6. The minimum absolute atomic E-state index is 0.275. The molecule has 5 rings (SSSR count). The van der Waals surface area contributed by atoms with Gasteiger partial charge in [-0.1, -0.05) is 30.3 Å². The smallest absolute Gasteiger partial charge is 0.230 e. The van der Waals surface area contributed by atoms with Gasteiger partial charge in [0.05, 0.1) is 4.92 Å². The van der Waals surface area contributed by atoms with Gasteiger partial charge in [-0.3, -0.25) is 10.1 Å². The predicted octanol–water partition coefficient (Wildman–Crippen LogP) is 4.56. The quantitative estimate of drug-likeness (QED) is 0.604. The summed E-state index contributed by atoms with van der Waals surface area (Å²) in [4.78, 5) is 10.3. The van der Waals surface area contributed by atoms with Crippen LogP contribution in [0.2, 0.25) is 0 Å². The summed E-state index contributed by atoms with van der Waals surface area (Å²) in [6, 6.07) is 11.0. The molecule has 0 radical (unpaired) electrons. The molecule has 3 heteroatoms. The van der Waals surface area contributed by atoms with Crippen molar-refractivity contribution in [3.63, 3.8) is 0 Å². The second-order valence-corrected chi connectivity index (χ2v) is 7.64. The van der Waals surface area contributed by atoms with Crippen molar-refractivity contribution in [2.75, 3.05) is 0 Å². The third-order valence-corrected chi connectivity index (χ3v) is 6.49. The van der Waals surface area contributed by atoms with Crippen LogP contribution in [0.4, 0.5) is 0 Å². The average molecular weight is 297 g/mol. The first kappa shape index (κ1) is 14.0. The number of hydrogen-bond acceptors (Lipinski definition) is 2. The van der Waals surface area contributed by atoms with E-state index in [1.165, 1.54) is 37.7 Å². The van der Waals surface area contributed by atoms with E-state index in [-0.39, 0.29) is 10.3 Å². The van der Waals surface area contributed by atoms with E-state index in [1.54, 1.807) is 6.08 Å². The highest BCUT2D eigenvalue weighted by Crippen LogP contribution is 2.64. The van der Waals surface area contributed by atoms with E-state index in [1.807, 2.05) is 0 Å². The standard InChI is InChI=1S/C19H23NO2/c21-20(22)8-4-7-18-16-10-14-9-15(11-16)13-19(18,12-14)17-5-2-1-3-6-17/h1-6,8,14-16,18H,7,9-13H2. The first-order chi connectivity index (χ1) is 10.7. The zero-order valence-corrected chi connectivity index (χ0v) is 12.9. The van der Waals surface area contributed by atoms with Crippen molar-refractivity contribution in [1.29, 1.82) is 0 Å². The Hall–Kier alpha value is -1.64. The molecule has 0 saturated heterocycles. The number of nitro groups is 1. The monoisotopic (exact) mass is 297 g/mol. The lowest BCUT2D eigenvalue weighted by Gasteiger charge is -2.61. The predicted molar refractivity (Wildman–Crippen MR) is 85.9 cm³/mol. The molecule has 3 nitrogen and oxygen atoms in total. The van der Waals surface area contributed by atoms with Crippen LogP contribution < -0.4 is 0 Å². The molecule has 22 heavy (non-hydrogen) atoms. The van der Waals surface area contributed by atoms with Crippen molar-refractivity contribution in [3.05, 3.63) is 58.3 Å². The molecule has 4 saturated carbocycles. The molecule has 1 aromatic rings. The van der Waals surface area contributed by atoms with Crippen LogP contribution in [-0.2, 0) is 5.41 Å². The van der Waals surface area contributed by atoms with E-state index in [2.05, 4.69) is 30.3 Å². The average Bonchev–Trinajstić information content (AvgIpc) is 2.50. The molecule has 116 valence electrons. The lowest BCUT2D eigenvalue weighted by Crippen LogP contribution is -2.55. The molecule has 4 aliphatic rings. The van der Waals surface area contributed by atoms with Crippen molar-refractivity contribution in [2.45, 2.75) is 43.9 Å². The van der Waals surface area contributed by atoms with Gasteiger partial charge >= 0.3 is 0 Å². The van der Waals surface area contributed by atoms with Crippen LogP contribution in [0.5, 0.6) is 0 Å². The summed E-state index contributed by atoms with van der Waals surface area (Å²) >= 11 is 0. The molecule has 3 atom stereocenters. The van der Waals surface area contributed by atoms with Gasteiger partial charge < -0.3 is 0 Å². The molecular formula is C19H23NO2. The highest BCUT2D eigenvalue weighted by molar-refractivity contribution is 5.31. The molecule has 0 heterocycles. The van der Waals surface area contributed by atoms with Crippen LogP contribution in [0.15, 0.2) is 42.6 Å². The van der Waals surface area contributed by atoms with Crippen LogP contribution in [0.3, 0.4) is 0 Å². The van der Waals surface area contributed by atoms with Crippen molar-refractivity contribution in [3.8, 4) is 0 Å². The second-order valence-electron chi connectivity index (χ2n) is 7.64. The zero-order valence-electron chi connectivity index (χ0n) is 12.9. The van der Waals surface area contributed by atoms with E-state index in [4.69, 9.17) is 0 Å². The lowest BCUT2D eigenvalue weighted by atomic mass is 9.43. The Balaban J connectivity index is 1.69. The Labute approximate surface area is 131 Å². The SMILES string of the molecule is O=[N+]([O-])C=CCC1C2CC3CC(C2)CC1(c1ccccc1)C3. The largest absolute Gasteiger partial charge is 0.259 e. The van der Waals surface area contributed by atoms with Crippen molar-refractivity contribution >= 4 is 0 Å². The van der Waals surface area contributed by atoms with Gasteiger partial charge in [0.2, 0.25) is 6.20 Å². The van der Waals surface area contributed by atoms with Gasteiger partial charge in [-0.25, -0.2) is 0 Å². The first-order valence-electron chi connectivity index (χ1n) is 8.53. The van der Waals surface area contributed by atoms with Gasteiger partial charge in [-0.15, -0.1) is 0 Å². The molecule has 0 amide bonds. The molecule has 0 N–H and O–H groups in total. The van der Waals surface area contributed by atoms with Gasteiger partial charge in [-0.2, -0.15) is 0 Å². The van der Waals surface area contributed by atoms with E-state index in [0.717, 1.165) is 30.4 Å². The van der Waals surface area contributed by atoms with Gasteiger partial charge in [-0.05, 0) is 79.3 Å². The summed E-state index contributed by atoms with van der Waals surface area (Å²) in [5.41, 5.74) is 1.75. The molecular weight excluding hydrogens is 274 g/mol. The normalized spacial score (nSPS) is 39.5. The van der Waals surface area contributed by atoms with Gasteiger partial charge in [0, 0.05) is 0 Å². The van der Waals surface area contributed by atoms with Crippen LogP contribution in [-0.4, -0.2) is 4.92 Å². The zero-order chi connectivity index (χ0) is 15.2. The summed E-state index contributed by atoms with van der Waals surface area (Å²) in [5.74, 6) is 3.11. The van der Waals surface area contributed by atoms with E-state index in [0.29, 0.717) is 5.92 Å². The van der Waals surface area contributed by atoms with Crippen molar-refractivity contribution in [2.24, 2.45) is 23.7 Å². The van der Waals surface area contributed by atoms with Gasteiger partial charge in [0.1, 0.15) is 0 Å². The van der Waals surface area contributed by atoms with E-state index in [9.17, 15) is 10.1 Å². The Kier molecular flexibility index (Phi) is 3.32. The van der Waals surface area contributed by atoms with Gasteiger partial charge in [0.15, 0.2) is 0 Å². The van der Waals surface area contributed by atoms with Crippen LogP contribution in [0.1, 0.15) is 44.1 Å². The third kappa shape index (κ3) is 2.18. The first-order valence-corrected chi connectivity index (χ1v) is 8.53. The molecule has 1 aromatic carbocycles. The molecule has 4 aliphatic carbocycles. The minimum atomic E-state index is -0.328. The van der Waals surface area contributed by atoms with Crippen LogP contribution in [0.25, 0.3) is 0 Å². The molecule has 3 unspecified atom stereocenters. The van der Waals surface area contributed by atoms with Crippen LogP contribution in [0, 0.1) is 33.8 Å². The van der Waals surface area contributed by atoms with Crippen molar-refractivity contribution in [1.82, 2.24) is 0 Å². The summed E-state index contributed by atoms with van der Waals surface area (Å²) in [6.45, 7) is 0. The summed E-state index contributed by atoms with van der Waals surface area (Å²) in [7, 11) is 0. The molecule has 4 fully saturated rings. The fourth-order valence-corrected chi connectivity index (χ4v) is 6.08. The number of rotatable bonds is 4. The summed E-state index contributed by atoms with van der Waals surface area (Å²) in [5, 5.41) is 10.6. The van der Waals surface area contributed by atoms with Crippen LogP contribution >= 0.6 is 0 Å². The Morgan fingerprint density at radius 1 is 1.14 bits per heavy atom. The fraction of sp³-hybridized carbons (Fsp3) is 0.579. The fourth-order valence-electron chi connectivity index (χ4n) is 6.08. The number of allylic oxidation sites excluding steroid dienone is 1. The maximum absolute atomic E-state index is 10.6. The number of nitrogens with zero attached hydrogens (tertiary/aromatic N) is 1. The van der Waals surface area contributed by atoms with E-state index < -0.39 is 0 Å².